The van der Waals surface area contributed by atoms with Crippen LogP contribution >= 0.6 is 0 Å². The molecule has 1 aromatic carbocycles. The van der Waals surface area contributed by atoms with E-state index in [0.717, 1.165) is 12.1 Å². The fourth-order valence-electron chi connectivity index (χ4n) is 1.78. The Kier molecular flexibility index (Phi) is 3.65. The van der Waals surface area contributed by atoms with E-state index in [2.05, 4.69) is 14.7 Å². The second-order valence-electron chi connectivity index (χ2n) is 4.35. The van der Waals surface area contributed by atoms with E-state index in [1.807, 2.05) is 0 Å². The molecule has 0 aliphatic rings. The summed E-state index contributed by atoms with van der Waals surface area (Å²) in [5.74, 6) is -1.31. The number of ether oxygens (including phenoxy) is 1. The Morgan fingerprint density at radius 3 is 2.65 bits per heavy atom. The molecule has 2 aromatic rings. The lowest BCUT2D eigenvalue weighted by atomic mass is 10.1. The molecule has 5 nitrogen and oxygen atoms in total. The SMILES string of the molecule is COC(=O)c1cc(F)cc(-c2nc(C)c(C)[nH]c2=O)c1. The summed E-state index contributed by atoms with van der Waals surface area (Å²) in [4.78, 5) is 30.1. The highest BCUT2D eigenvalue weighted by Gasteiger charge is 2.13. The second-order valence-corrected chi connectivity index (χ2v) is 4.35. The molecule has 0 atom stereocenters. The zero-order valence-corrected chi connectivity index (χ0v) is 11.3. The van der Waals surface area contributed by atoms with Crippen molar-refractivity contribution in [3.8, 4) is 11.3 Å². The first kappa shape index (κ1) is 13.9. The van der Waals surface area contributed by atoms with Crippen LogP contribution in [0.3, 0.4) is 0 Å². The number of esters is 1. The van der Waals surface area contributed by atoms with Crippen molar-refractivity contribution in [2.75, 3.05) is 7.11 Å². The lowest BCUT2D eigenvalue weighted by Crippen LogP contribution is -2.15. The number of aromatic nitrogens is 2. The standard InChI is InChI=1S/C14H13FN2O3/c1-7-8(2)17-13(18)12(16-7)9-4-10(14(19)20-3)6-11(15)5-9/h4-6H,1-3H3,(H,17,18). The molecule has 0 spiro atoms. The fraction of sp³-hybridized carbons (Fsp3) is 0.214. The Labute approximate surface area is 114 Å². The molecule has 0 fully saturated rings. The van der Waals surface area contributed by atoms with Crippen molar-refractivity contribution in [1.29, 1.82) is 0 Å². The molecule has 0 bridgehead atoms. The van der Waals surface area contributed by atoms with E-state index in [0.29, 0.717) is 11.4 Å². The molecule has 1 aromatic heterocycles. The summed E-state index contributed by atoms with van der Waals surface area (Å²) in [6.07, 6.45) is 0. The summed E-state index contributed by atoms with van der Waals surface area (Å²) in [6, 6.07) is 3.57. The van der Waals surface area contributed by atoms with Gasteiger partial charge in [0.05, 0.1) is 18.4 Å². The van der Waals surface area contributed by atoms with E-state index in [1.165, 1.54) is 13.2 Å². The molecule has 20 heavy (non-hydrogen) atoms. The molecule has 0 amide bonds. The number of carbonyl (C=O) groups excluding carboxylic acids is 1. The monoisotopic (exact) mass is 276 g/mol. The van der Waals surface area contributed by atoms with Gasteiger partial charge in [-0.25, -0.2) is 14.2 Å². The maximum absolute atomic E-state index is 13.6. The number of H-pyrrole nitrogens is 1. The summed E-state index contributed by atoms with van der Waals surface area (Å²) in [5, 5.41) is 0. The summed E-state index contributed by atoms with van der Waals surface area (Å²) in [5.41, 5.74) is 1.16. The molecule has 2 rings (SSSR count). The number of aromatic amines is 1. The van der Waals surface area contributed by atoms with Gasteiger partial charge in [0, 0.05) is 11.3 Å². The van der Waals surface area contributed by atoms with Gasteiger partial charge in [-0.15, -0.1) is 0 Å². The van der Waals surface area contributed by atoms with E-state index in [9.17, 15) is 14.0 Å². The quantitative estimate of drug-likeness (QED) is 0.851. The molecule has 0 radical (unpaired) electrons. The van der Waals surface area contributed by atoms with Crippen LogP contribution in [0.4, 0.5) is 4.39 Å². The normalized spacial score (nSPS) is 10.4. The third-order valence-electron chi connectivity index (χ3n) is 2.93. The minimum atomic E-state index is -0.675. The molecule has 104 valence electrons. The predicted octanol–water partition coefficient (Wildman–Crippen LogP) is 1.98. The van der Waals surface area contributed by atoms with Gasteiger partial charge in [0.2, 0.25) is 0 Å². The van der Waals surface area contributed by atoms with Gasteiger partial charge in [0.15, 0.2) is 0 Å². The van der Waals surface area contributed by atoms with Gasteiger partial charge in [0.1, 0.15) is 11.5 Å². The van der Waals surface area contributed by atoms with Crippen molar-refractivity contribution in [2.45, 2.75) is 13.8 Å². The summed E-state index contributed by atoms with van der Waals surface area (Å²) >= 11 is 0. The Balaban J connectivity index is 2.64. The number of methoxy groups -OCH3 is 1. The predicted molar refractivity (Wildman–Crippen MR) is 71.1 cm³/mol. The van der Waals surface area contributed by atoms with Crippen molar-refractivity contribution >= 4 is 5.97 Å². The smallest absolute Gasteiger partial charge is 0.337 e. The Morgan fingerprint density at radius 2 is 2.00 bits per heavy atom. The fourth-order valence-corrected chi connectivity index (χ4v) is 1.78. The van der Waals surface area contributed by atoms with Crippen molar-refractivity contribution in [3.05, 3.63) is 51.3 Å². The molecular weight excluding hydrogens is 263 g/mol. The molecule has 0 unspecified atom stereocenters. The van der Waals surface area contributed by atoms with Gasteiger partial charge in [0.25, 0.3) is 5.56 Å². The topological polar surface area (TPSA) is 72.0 Å². The average Bonchev–Trinajstić information content (AvgIpc) is 2.41. The van der Waals surface area contributed by atoms with E-state index in [4.69, 9.17) is 0 Å². The van der Waals surface area contributed by atoms with E-state index >= 15 is 0 Å². The van der Waals surface area contributed by atoms with E-state index in [1.54, 1.807) is 13.8 Å². The average molecular weight is 276 g/mol. The van der Waals surface area contributed by atoms with Crippen LogP contribution in [0.2, 0.25) is 0 Å². The Bertz CT molecular complexity index is 738. The minimum Gasteiger partial charge on any atom is -0.465 e. The summed E-state index contributed by atoms with van der Waals surface area (Å²) < 4.78 is 18.1. The minimum absolute atomic E-state index is 0.0296. The molecule has 6 heteroatoms. The maximum atomic E-state index is 13.6. The largest absolute Gasteiger partial charge is 0.465 e. The van der Waals surface area contributed by atoms with Crippen LogP contribution < -0.4 is 5.56 Å². The molecular formula is C14H13FN2O3. The number of halogens is 1. The van der Waals surface area contributed by atoms with Gasteiger partial charge >= 0.3 is 5.97 Å². The molecule has 0 saturated carbocycles. The van der Waals surface area contributed by atoms with Gasteiger partial charge < -0.3 is 9.72 Å². The van der Waals surface area contributed by atoms with Crippen LogP contribution in [-0.2, 0) is 4.74 Å². The zero-order valence-electron chi connectivity index (χ0n) is 11.3. The number of benzene rings is 1. The highest BCUT2D eigenvalue weighted by Crippen LogP contribution is 2.18. The first-order chi connectivity index (χ1) is 9.42. The van der Waals surface area contributed by atoms with Crippen molar-refractivity contribution in [1.82, 2.24) is 9.97 Å². The Morgan fingerprint density at radius 1 is 1.30 bits per heavy atom. The van der Waals surface area contributed by atoms with Crippen LogP contribution in [0.25, 0.3) is 11.3 Å². The zero-order chi connectivity index (χ0) is 14.9. The van der Waals surface area contributed by atoms with Crippen LogP contribution in [0.15, 0.2) is 23.0 Å². The number of nitrogens with zero attached hydrogens (tertiary/aromatic N) is 1. The summed E-state index contributed by atoms with van der Waals surface area (Å²) in [6.45, 7) is 3.45. The number of nitrogens with one attached hydrogen (secondary N) is 1. The number of aryl methyl sites for hydroxylation is 2. The first-order valence-electron chi connectivity index (χ1n) is 5.89. The van der Waals surface area contributed by atoms with Crippen LogP contribution in [0.1, 0.15) is 21.7 Å². The number of carbonyl (C=O) groups is 1. The Hall–Kier alpha value is -2.50. The van der Waals surface area contributed by atoms with Crippen molar-refractivity contribution < 1.29 is 13.9 Å². The van der Waals surface area contributed by atoms with E-state index in [-0.39, 0.29) is 16.8 Å². The first-order valence-corrected chi connectivity index (χ1v) is 5.89. The number of hydrogen-bond donors (Lipinski definition) is 1. The highest BCUT2D eigenvalue weighted by molar-refractivity contribution is 5.90. The maximum Gasteiger partial charge on any atom is 0.337 e. The molecule has 1 heterocycles. The number of hydrogen-bond acceptors (Lipinski definition) is 4. The van der Waals surface area contributed by atoms with Gasteiger partial charge in [-0.1, -0.05) is 0 Å². The molecule has 0 aliphatic heterocycles. The third-order valence-corrected chi connectivity index (χ3v) is 2.93. The van der Waals surface area contributed by atoms with E-state index < -0.39 is 17.3 Å². The highest BCUT2D eigenvalue weighted by atomic mass is 19.1. The second kappa shape index (κ2) is 5.24. The molecule has 0 aliphatic carbocycles. The van der Waals surface area contributed by atoms with Crippen molar-refractivity contribution in [3.63, 3.8) is 0 Å². The lowest BCUT2D eigenvalue weighted by Gasteiger charge is -2.06. The number of rotatable bonds is 2. The van der Waals surface area contributed by atoms with Gasteiger partial charge in [-0.3, -0.25) is 4.79 Å². The van der Waals surface area contributed by atoms with Crippen LogP contribution in [-0.4, -0.2) is 23.0 Å². The molecule has 1 N–H and O–H groups in total. The lowest BCUT2D eigenvalue weighted by molar-refractivity contribution is 0.0600. The summed E-state index contributed by atoms with van der Waals surface area (Å²) in [7, 11) is 1.20. The molecule has 0 saturated heterocycles. The van der Waals surface area contributed by atoms with Gasteiger partial charge in [-0.2, -0.15) is 0 Å². The van der Waals surface area contributed by atoms with Crippen molar-refractivity contribution in [2.24, 2.45) is 0 Å². The van der Waals surface area contributed by atoms with Crippen LogP contribution in [0, 0.1) is 19.7 Å². The third kappa shape index (κ3) is 2.59. The van der Waals surface area contributed by atoms with Crippen LogP contribution in [0.5, 0.6) is 0 Å². The van der Waals surface area contributed by atoms with Gasteiger partial charge in [-0.05, 0) is 32.0 Å².